The van der Waals surface area contributed by atoms with Crippen LogP contribution in [0.5, 0.6) is 0 Å². The van der Waals surface area contributed by atoms with E-state index in [1.54, 1.807) is 17.0 Å². The predicted octanol–water partition coefficient (Wildman–Crippen LogP) is 4.43. The highest BCUT2D eigenvalue weighted by atomic mass is 35.5. The molecule has 32 heavy (non-hydrogen) atoms. The lowest BCUT2D eigenvalue weighted by atomic mass is 9.98. The Morgan fingerprint density at radius 1 is 0.969 bits per heavy atom. The lowest BCUT2D eigenvalue weighted by molar-refractivity contribution is -0.384. The van der Waals surface area contributed by atoms with Crippen molar-refractivity contribution in [2.24, 2.45) is 0 Å². The summed E-state index contributed by atoms with van der Waals surface area (Å²) >= 11 is 5.81. The summed E-state index contributed by atoms with van der Waals surface area (Å²) in [6.07, 6.45) is 5.15. The van der Waals surface area contributed by atoms with Crippen molar-refractivity contribution in [3.05, 3.63) is 74.3 Å². The van der Waals surface area contributed by atoms with E-state index in [1.165, 1.54) is 30.7 Å². The molecule has 1 fully saturated rings. The van der Waals surface area contributed by atoms with Crippen LogP contribution in [0.3, 0.4) is 0 Å². The molecule has 0 spiro atoms. The number of benzene rings is 2. The van der Waals surface area contributed by atoms with E-state index in [-0.39, 0.29) is 27.6 Å². The molecule has 2 aromatic rings. The van der Waals surface area contributed by atoms with Crippen molar-refractivity contribution < 1.29 is 24.0 Å². The maximum atomic E-state index is 13.0. The van der Waals surface area contributed by atoms with Crippen LogP contribution < -0.4 is 0 Å². The number of likely N-dealkylation sites (tertiary alicyclic amines) is 1. The van der Waals surface area contributed by atoms with Crippen LogP contribution in [0, 0.1) is 10.1 Å². The molecule has 1 aliphatic rings. The Balaban J connectivity index is 1.73. The molecule has 0 radical (unpaired) electrons. The zero-order chi connectivity index (χ0) is 23.1. The molecule has 0 aromatic heterocycles. The number of halogens is 1. The first kappa shape index (κ1) is 23.4. The summed E-state index contributed by atoms with van der Waals surface area (Å²) in [5.74, 6) is -1.66. The summed E-state index contributed by atoms with van der Waals surface area (Å²) in [6.45, 7) is 0.870. The van der Waals surface area contributed by atoms with Gasteiger partial charge in [-0.3, -0.25) is 19.7 Å². The summed E-state index contributed by atoms with van der Waals surface area (Å²) in [5, 5.41) is 11.0. The Kier molecular flexibility index (Phi) is 7.94. The van der Waals surface area contributed by atoms with Crippen molar-refractivity contribution in [1.29, 1.82) is 0 Å². The number of ether oxygens (including phenoxy) is 1. The molecule has 1 heterocycles. The summed E-state index contributed by atoms with van der Waals surface area (Å²) < 4.78 is 5.21. The minimum atomic E-state index is -0.808. The second-order valence-corrected chi connectivity index (χ2v) is 7.93. The van der Waals surface area contributed by atoms with Gasteiger partial charge in [0.1, 0.15) is 5.02 Å². The Morgan fingerprint density at radius 2 is 1.59 bits per heavy atom. The molecule has 1 amide bonds. The molecule has 3 rings (SSSR count). The average molecular weight is 459 g/mol. The zero-order valence-electron chi connectivity index (χ0n) is 17.4. The van der Waals surface area contributed by atoms with E-state index in [2.05, 4.69) is 0 Å². The van der Waals surface area contributed by atoms with Crippen LogP contribution in [-0.2, 0) is 9.53 Å². The minimum Gasteiger partial charge on any atom is -0.452 e. The standard InChI is InChI=1S/C23H23ClN2O6/c24-19-11-10-16(14-20(19)26(30)31)22(28)17-8-4-5-9-18(17)23(29)32-15-21(27)25-12-6-2-1-3-7-13-25/h4-5,8-11,14H,1-3,6-7,12-13,15H2. The largest absolute Gasteiger partial charge is 0.452 e. The second-order valence-electron chi connectivity index (χ2n) is 7.52. The van der Waals surface area contributed by atoms with E-state index in [1.807, 2.05) is 0 Å². The molecular weight excluding hydrogens is 436 g/mol. The van der Waals surface area contributed by atoms with E-state index in [4.69, 9.17) is 16.3 Å². The quantitative estimate of drug-likeness (QED) is 0.274. The molecule has 0 atom stereocenters. The van der Waals surface area contributed by atoms with Gasteiger partial charge in [-0.05, 0) is 31.0 Å². The number of rotatable bonds is 6. The third-order valence-electron chi connectivity index (χ3n) is 5.33. The first-order chi connectivity index (χ1) is 15.4. The van der Waals surface area contributed by atoms with Crippen LogP contribution in [0.4, 0.5) is 5.69 Å². The van der Waals surface area contributed by atoms with E-state index in [0.717, 1.165) is 31.7 Å². The fourth-order valence-electron chi connectivity index (χ4n) is 3.60. The molecule has 1 aliphatic heterocycles. The normalized spacial score (nSPS) is 14.2. The highest BCUT2D eigenvalue weighted by Gasteiger charge is 2.23. The third-order valence-corrected chi connectivity index (χ3v) is 5.65. The summed E-state index contributed by atoms with van der Waals surface area (Å²) in [5.41, 5.74) is -0.391. The van der Waals surface area contributed by atoms with Gasteiger partial charge in [-0.15, -0.1) is 0 Å². The number of carbonyl (C=O) groups excluding carboxylic acids is 3. The molecule has 0 saturated carbocycles. The smallest absolute Gasteiger partial charge is 0.339 e. The highest BCUT2D eigenvalue weighted by Crippen LogP contribution is 2.27. The number of nitro groups is 1. The van der Waals surface area contributed by atoms with Crippen LogP contribution in [-0.4, -0.2) is 47.2 Å². The summed E-state index contributed by atoms with van der Waals surface area (Å²) in [6, 6.07) is 9.66. The number of nitro benzene ring substituents is 1. The fourth-order valence-corrected chi connectivity index (χ4v) is 3.79. The number of carbonyl (C=O) groups is 3. The summed E-state index contributed by atoms with van der Waals surface area (Å²) in [4.78, 5) is 50.3. The molecular formula is C23H23ClN2O6. The van der Waals surface area contributed by atoms with Crippen LogP contribution in [0.15, 0.2) is 42.5 Å². The Labute approximate surface area is 190 Å². The van der Waals surface area contributed by atoms with E-state index in [9.17, 15) is 24.5 Å². The second kappa shape index (κ2) is 10.9. The number of esters is 1. The number of nitrogens with zero attached hydrogens (tertiary/aromatic N) is 2. The van der Waals surface area contributed by atoms with Gasteiger partial charge < -0.3 is 9.64 Å². The lowest BCUT2D eigenvalue weighted by Crippen LogP contribution is -2.37. The van der Waals surface area contributed by atoms with Gasteiger partial charge in [-0.25, -0.2) is 4.79 Å². The third kappa shape index (κ3) is 5.70. The number of amides is 1. The molecule has 2 aromatic carbocycles. The van der Waals surface area contributed by atoms with Gasteiger partial charge in [-0.1, -0.05) is 49.1 Å². The SMILES string of the molecule is O=C(OCC(=O)N1CCCCCCC1)c1ccccc1C(=O)c1ccc(Cl)c([N+](=O)[O-])c1. The van der Waals surface area contributed by atoms with E-state index < -0.39 is 29.0 Å². The van der Waals surface area contributed by atoms with Crippen molar-refractivity contribution in [3.63, 3.8) is 0 Å². The molecule has 0 aliphatic carbocycles. The van der Waals surface area contributed by atoms with Crippen molar-refractivity contribution in [2.75, 3.05) is 19.7 Å². The van der Waals surface area contributed by atoms with Crippen molar-refractivity contribution in [2.45, 2.75) is 32.1 Å². The van der Waals surface area contributed by atoms with Crippen LogP contribution >= 0.6 is 11.6 Å². The van der Waals surface area contributed by atoms with Crippen molar-refractivity contribution >= 4 is 34.9 Å². The summed E-state index contributed by atoms with van der Waals surface area (Å²) in [7, 11) is 0. The monoisotopic (exact) mass is 458 g/mol. The fraction of sp³-hybridized carbons (Fsp3) is 0.348. The maximum Gasteiger partial charge on any atom is 0.339 e. The molecule has 1 saturated heterocycles. The topological polar surface area (TPSA) is 107 Å². The van der Waals surface area contributed by atoms with Crippen molar-refractivity contribution in [3.8, 4) is 0 Å². The first-order valence-corrected chi connectivity index (χ1v) is 10.8. The van der Waals surface area contributed by atoms with Gasteiger partial charge in [0.25, 0.3) is 11.6 Å². The number of hydrogen-bond acceptors (Lipinski definition) is 6. The molecule has 0 N–H and O–H groups in total. The Bertz CT molecular complexity index is 1030. The number of hydrogen-bond donors (Lipinski definition) is 0. The molecule has 9 heteroatoms. The van der Waals surface area contributed by atoms with Crippen LogP contribution in [0.1, 0.15) is 58.4 Å². The Hall–Kier alpha value is -3.26. The maximum absolute atomic E-state index is 13.0. The van der Waals surface area contributed by atoms with Crippen LogP contribution in [0.2, 0.25) is 5.02 Å². The van der Waals surface area contributed by atoms with Gasteiger partial charge in [-0.2, -0.15) is 0 Å². The van der Waals surface area contributed by atoms with Crippen molar-refractivity contribution in [1.82, 2.24) is 4.90 Å². The molecule has 8 nitrogen and oxygen atoms in total. The molecule has 0 unspecified atom stereocenters. The zero-order valence-corrected chi connectivity index (χ0v) is 18.2. The van der Waals surface area contributed by atoms with E-state index >= 15 is 0 Å². The first-order valence-electron chi connectivity index (χ1n) is 10.4. The molecule has 168 valence electrons. The predicted molar refractivity (Wildman–Crippen MR) is 118 cm³/mol. The molecule has 0 bridgehead atoms. The highest BCUT2D eigenvalue weighted by molar-refractivity contribution is 6.33. The van der Waals surface area contributed by atoms with Gasteiger partial charge in [0.15, 0.2) is 12.4 Å². The minimum absolute atomic E-state index is 0.0121. The van der Waals surface area contributed by atoms with E-state index in [0.29, 0.717) is 13.1 Å². The lowest BCUT2D eigenvalue weighted by Gasteiger charge is -2.24. The average Bonchev–Trinajstić information content (AvgIpc) is 2.76. The number of ketones is 1. The Morgan fingerprint density at radius 3 is 2.25 bits per heavy atom. The van der Waals surface area contributed by atoms with Gasteiger partial charge in [0.2, 0.25) is 0 Å². The van der Waals surface area contributed by atoms with Gasteiger partial charge >= 0.3 is 5.97 Å². The van der Waals surface area contributed by atoms with Gasteiger partial charge in [0.05, 0.1) is 10.5 Å². The van der Waals surface area contributed by atoms with Crippen LogP contribution in [0.25, 0.3) is 0 Å². The van der Waals surface area contributed by atoms with Gasteiger partial charge in [0, 0.05) is 30.3 Å².